The summed E-state index contributed by atoms with van der Waals surface area (Å²) in [6.07, 6.45) is 1.85. The Labute approximate surface area is 112 Å². The van der Waals surface area contributed by atoms with Crippen molar-refractivity contribution >= 4 is 34.0 Å². The molecule has 1 aromatic carbocycles. The van der Waals surface area contributed by atoms with Crippen LogP contribution in [0.25, 0.3) is 0 Å². The third kappa shape index (κ3) is 3.61. The van der Waals surface area contributed by atoms with E-state index in [0.29, 0.717) is 12.2 Å². The van der Waals surface area contributed by atoms with Crippen LogP contribution in [0.4, 0.5) is 5.69 Å². The summed E-state index contributed by atoms with van der Waals surface area (Å²) < 4.78 is 21.8. The molecule has 0 aliphatic heterocycles. The van der Waals surface area contributed by atoms with Crippen molar-refractivity contribution in [2.75, 3.05) is 11.9 Å². The van der Waals surface area contributed by atoms with Gasteiger partial charge in [-0.2, -0.15) is 0 Å². The van der Waals surface area contributed by atoms with Crippen LogP contribution in [0.1, 0.15) is 30.1 Å². The third-order valence-electron chi connectivity index (χ3n) is 2.36. The van der Waals surface area contributed by atoms with Gasteiger partial charge in [-0.05, 0) is 18.6 Å². The van der Waals surface area contributed by atoms with E-state index < -0.39 is 16.7 Å². The van der Waals surface area contributed by atoms with Crippen LogP contribution in [-0.4, -0.2) is 26.0 Å². The number of aromatic carboxylic acids is 1. The highest BCUT2D eigenvalue weighted by Crippen LogP contribution is 2.26. The molecule has 2 N–H and O–H groups in total. The SMILES string of the molecule is CCCCNc1cc(Cl)c([SH](=O)=O)cc1C(=O)O. The van der Waals surface area contributed by atoms with Gasteiger partial charge in [-0.25, -0.2) is 13.2 Å². The lowest BCUT2D eigenvalue weighted by atomic mass is 10.1. The molecule has 0 aromatic heterocycles. The fourth-order valence-electron chi connectivity index (χ4n) is 1.42. The summed E-state index contributed by atoms with van der Waals surface area (Å²) >= 11 is 5.80. The van der Waals surface area contributed by atoms with E-state index in [1.807, 2.05) is 6.92 Å². The third-order valence-corrected chi connectivity index (χ3v) is 3.57. The van der Waals surface area contributed by atoms with Gasteiger partial charge in [-0.3, -0.25) is 0 Å². The maximum absolute atomic E-state index is 11.1. The molecular weight excluding hydrogens is 278 g/mol. The highest BCUT2D eigenvalue weighted by molar-refractivity contribution is 7.72. The second kappa shape index (κ2) is 6.61. The van der Waals surface area contributed by atoms with Gasteiger partial charge in [0.15, 0.2) is 10.7 Å². The van der Waals surface area contributed by atoms with E-state index in [9.17, 15) is 13.2 Å². The zero-order valence-corrected chi connectivity index (χ0v) is 11.4. The first-order chi connectivity index (χ1) is 8.47. The van der Waals surface area contributed by atoms with Crippen molar-refractivity contribution in [3.05, 3.63) is 22.7 Å². The van der Waals surface area contributed by atoms with Gasteiger partial charge in [0, 0.05) is 6.54 Å². The van der Waals surface area contributed by atoms with Crippen LogP contribution in [-0.2, 0) is 10.7 Å². The van der Waals surface area contributed by atoms with Crippen LogP contribution in [0.5, 0.6) is 0 Å². The summed E-state index contributed by atoms with van der Waals surface area (Å²) in [5, 5.41) is 12.0. The zero-order chi connectivity index (χ0) is 13.7. The van der Waals surface area contributed by atoms with E-state index in [1.165, 1.54) is 6.07 Å². The molecule has 1 rings (SSSR count). The molecule has 0 saturated heterocycles. The van der Waals surface area contributed by atoms with E-state index in [4.69, 9.17) is 16.7 Å². The highest BCUT2D eigenvalue weighted by atomic mass is 35.5. The van der Waals surface area contributed by atoms with Crippen molar-refractivity contribution in [1.29, 1.82) is 0 Å². The van der Waals surface area contributed by atoms with Gasteiger partial charge >= 0.3 is 5.97 Å². The van der Waals surface area contributed by atoms with Crippen LogP contribution in [0.15, 0.2) is 17.0 Å². The van der Waals surface area contributed by atoms with Crippen molar-refractivity contribution in [1.82, 2.24) is 0 Å². The molecule has 5 nitrogen and oxygen atoms in total. The monoisotopic (exact) mass is 291 g/mol. The lowest BCUT2D eigenvalue weighted by molar-refractivity contribution is 0.0697. The largest absolute Gasteiger partial charge is 0.478 e. The van der Waals surface area contributed by atoms with Gasteiger partial charge in [-0.1, -0.05) is 24.9 Å². The van der Waals surface area contributed by atoms with Gasteiger partial charge in [0.2, 0.25) is 0 Å². The van der Waals surface area contributed by atoms with E-state index in [2.05, 4.69) is 5.32 Å². The Bertz CT molecular complexity index is 520. The van der Waals surface area contributed by atoms with E-state index in [1.54, 1.807) is 0 Å². The number of rotatable bonds is 6. The summed E-state index contributed by atoms with van der Waals surface area (Å²) in [7, 11) is -2.91. The summed E-state index contributed by atoms with van der Waals surface area (Å²) in [5.41, 5.74) is 0.242. The lowest BCUT2D eigenvalue weighted by Crippen LogP contribution is -2.08. The summed E-state index contributed by atoms with van der Waals surface area (Å²) in [6.45, 7) is 2.62. The minimum absolute atomic E-state index is 0.0232. The number of benzene rings is 1. The number of carboxylic acids is 1. The maximum atomic E-state index is 11.1. The first-order valence-corrected chi connectivity index (χ1v) is 6.98. The van der Waals surface area contributed by atoms with Crippen molar-refractivity contribution in [2.45, 2.75) is 24.7 Å². The zero-order valence-electron chi connectivity index (χ0n) is 9.77. The Morgan fingerprint density at radius 2 is 2.11 bits per heavy atom. The molecule has 7 heteroatoms. The van der Waals surface area contributed by atoms with Crippen LogP contribution >= 0.6 is 11.6 Å². The molecule has 0 aliphatic rings. The normalized spacial score (nSPS) is 10.6. The molecule has 0 aliphatic carbocycles. The van der Waals surface area contributed by atoms with Crippen LogP contribution in [0, 0.1) is 0 Å². The van der Waals surface area contributed by atoms with Gasteiger partial charge in [0.05, 0.1) is 21.2 Å². The Balaban J connectivity index is 3.16. The number of hydrogen-bond acceptors (Lipinski definition) is 4. The summed E-state index contributed by atoms with van der Waals surface area (Å²) in [5.74, 6) is -1.19. The molecular formula is C11H14ClNO4S. The molecule has 18 heavy (non-hydrogen) atoms. The fraction of sp³-hybridized carbons (Fsp3) is 0.364. The van der Waals surface area contributed by atoms with Crippen molar-refractivity contribution < 1.29 is 18.3 Å². The molecule has 0 spiro atoms. The smallest absolute Gasteiger partial charge is 0.337 e. The van der Waals surface area contributed by atoms with E-state index in [0.717, 1.165) is 18.9 Å². The molecule has 0 atom stereocenters. The summed E-state index contributed by atoms with van der Waals surface area (Å²) in [6, 6.07) is 2.41. The number of carbonyl (C=O) groups is 1. The predicted octanol–water partition coefficient (Wildman–Crippen LogP) is 2.22. The second-order valence-electron chi connectivity index (χ2n) is 3.69. The van der Waals surface area contributed by atoms with Crippen molar-refractivity contribution in [2.24, 2.45) is 0 Å². The minimum atomic E-state index is -2.91. The fourth-order valence-corrected chi connectivity index (χ4v) is 2.27. The number of halogens is 1. The van der Waals surface area contributed by atoms with Crippen molar-refractivity contribution in [3.63, 3.8) is 0 Å². The first kappa shape index (κ1) is 14.8. The molecule has 0 bridgehead atoms. The topological polar surface area (TPSA) is 83.5 Å². The van der Waals surface area contributed by atoms with Crippen LogP contribution < -0.4 is 5.32 Å². The average molecular weight is 292 g/mol. The number of anilines is 1. The number of unbranched alkanes of at least 4 members (excludes halogenated alkanes) is 1. The highest BCUT2D eigenvalue weighted by Gasteiger charge is 2.15. The summed E-state index contributed by atoms with van der Waals surface area (Å²) in [4.78, 5) is 10.9. The van der Waals surface area contributed by atoms with Gasteiger partial charge in [0.1, 0.15) is 0 Å². The molecule has 100 valence electrons. The number of thiol groups is 1. The Kier molecular flexibility index (Phi) is 5.43. The lowest BCUT2D eigenvalue weighted by Gasteiger charge is -2.10. The standard InChI is InChI=1S/C11H14ClNO4S/c1-2-3-4-13-9-6-8(12)10(18(16)17)5-7(9)11(14)15/h5-6,13,18H,2-4H2,1H3,(H,14,15). The van der Waals surface area contributed by atoms with Gasteiger partial charge in [0.25, 0.3) is 0 Å². The molecule has 0 fully saturated rings. The number of hydrogen-bond donors (Lipinski definition) is 3. The molecule has 0 heterocycles. The quantitative estimate of drug-likeness (QED) is 0.553. The van der Waals surface area contributed by atoms with E-state index >= 15 is 0 Å². The van der Waals surface area contributed by atoms with Gasteiger partial charge < -0.3 is 10.4 Å². The Morgan fingerprint density at radius 3 is 2.61 bits per heavy atom. The maximum Gasteiger partial charge on any atom is 0.337 e. The molecule has 1 aromatic rings. The first-order valence-electron chi connectivity index (χ1n) is 5.42. The number of carboxylic acid groups (broad SMARTS) is 1. The Morgan fingerprint density at radius 1 is 1.44 bits per heavy atom. The average Bonchev–Trinajstić information content (AvgIpc) is 2.28. The van der Waals surface area contributed by atoms with Gasteiger partial charge in [-0.15, -0.1) is 0 Å². The molecule has 0 saturated carbocycles. The second-order valence-corrected chi connectivity index (χ2v) is 5.10. The van der Waals surface area contributed by atoms with E-state index in [-0.39, 0.29) is 15.5 Å². The number of nitrogens with one attached hydrogen (secondary N) is 1. The van der Waals surface area contributed by atoms with Crippen LogP contribution in [0.3, 0.4) is 0 Å². The van der Waals surface area contributed by atoms with Crippen molar-refractivity contribution in [3.8, 4) is 0 Å². The molecule has 0 amide bonds. The Hall–Kier alpha value is -1.27. The predicted molar refractivity (Wildman–Crippen MR) is 70.4 cm³/mol. The molecule has 0 radical (unpaired) electrons. The minimum Gasteiger partial charge on any atom is -0.478 e. The molecule has 0 unspecified atom stereocenters. The van der Waals surface area contributed by atoms with Crippen LogP contribution in [0.2, 0.25) is 5.02 Å².